The van der Waals surface area contributed by atoms with Gasteiger partial charge in [0.25, 0.3) is 0 Å². The van der Waals surface area contributed by atoms with Crippen LogP contribution in [0.15, 0.2) is 60.5 Å². The van der Waals surface area contributed by atoms with E-state index < -0.39 is 29.2 Å². The van der Waals surface area contributed by atoms with Gasteiger partial charge in [-0.25, -0.2) is 18.4 Å². The molecule has 1 aromatic carbocycles. The third-order valence-electron chi connectivity index (χ3n) is 7.08. The fraction of sp³-hybridized carbons (Fsp3) is 0.433. The third kappa shape index (κ3) is 10.5. The predicted molar refractivity (Wildman–Crippen MR) is 172 cm³/mol. The van der Waals surface area contributed by atoms with E-state index in [-0.39, 0.29) is 35.5 Å². The second-order valence-corrected chi connectivity index (χ2v) is 14.5. The van der Waals surface area contributed by atoms with Gasteiger partial charge in [-0.3, -0.25) is 19.3 Å². The van der Waals surface area contributed by atoms with Crippen LogP contribution < -0.4 is 11.1 Å². The molecular formula is C30H41N6O7PS. The van der Waals surface area contributed by atoms with E-state index in [1.165, 1.54) is 30.7 Å². The molecule has 1 aliphatic rings. The Morgan fingerprint density at radius 1 is 1.07 bits per heavy atom. The first kappa shape index (κ1) is 35.9. The summed E-state index contributed by atoms with van der Waals surface area (Å²) in [5, 5.41) is 13.3. The number of amides is 1. The molecule has 0 aliphatic heterocycles. The van der Waals surface area contributed by atoms with Gasteiger partial charge in [-0.2, -0.15) is 0 Å². The van der Waals surface area contributed by atoms with Crippen molar-refractivity contribution in [3.63, 3.8) is 0 Å². The molecule has 0 saturated heterocycles. The van der Waals surface area contributed by atoms with Crippen molar-refractivity contribution in [2.24, 2.45) is 5.92 Å². The van der Waals surface area contributed by atoms with Gasteiger partial charge in [0, 0.05) is 6.26 Å². The lowest BCUT2D eigenvalue weighted by Crippen LogP contribution is -2.24. The molecule has 1 fully saturated rings. The fourth-order valence-corrected chi connectivity index (χ4v) is 6.99. The number of hydrogen-bond acceptors (Lipinski definition) is 12. The molecule has 3 aromatic rings. The second kappa shape index (κ2) is 16.7. The summed E-state index contributed by atoms with van der Waals surface area (Å²) in [7, 11) is -7.18. The van der Waals surface area contributed by atoms with Gasteiger partial charge >= 0.3 is 7.60 Å². The Balaban J connectivity index is 0.000000525. The number of nitrogen functional groups attached to an aromatic ring is 1. The highest BCUT2D eigenvalue weighted by Crippen LogP contribution is 2.59. The number of aliphatic hydroxyl groups is 1. The van der Waals surface area contributed by atoms with Crippen LogP contribution in [0.4, 0.5) is 11.6 Å². The van der Waals surface area contributed by atoms with E-state index in [0.717, 1.165) is 43.2 Å². The van der Waals surface area contributed by atoms with E-state index in [4.69, 9.17) is 14.8 Å². The first-order valence-corrected chi connectivity index (χ1v) is 18.1. The van der Waals surface area contributed by atoms with E-state index in [9.17, 15) is 22.9 Å². The summed E-state index contributed by atoms with van der Waals surface area (Å²) in [4.78, 5) is 29.5. The SMILES string of the molecule is C=Cc1cnc(N)cn1.CCOP(=O)(OCC)C(O)c1cnc(NC(=O)[C@H](CC2CCCC2)c2ccc(S(C)(=O)=O)cc2)cn1. The van der Waals surface area contributed by atoms with Crippen LogP contribution in [-0.4, -0.2) is 58.8 Å². The van der Waals surface area contributed by atoms with Crippen LogP contribution in [0.1, 0.15) is 74.7 Å². The number of nitrogens with two attached hydrogens (primary N) is 1. The highest BCUT2D eigenvalue weighted by atomic mass is 32.2. The van der Waals surface area contributed by atoms with Crippen molar-refractivity contribution in [1.29, 1.82) is 0 Å². The van der Waals surface area contributed by atoms with Crippen LogP contribution >= 0.6 is 7.60 Å². The van der Waals surface area contributed by atoms with Gasteiger partial charge < -0.3 is 25.2 Å². The average Bonchev–Trinajstić information content (AvgIpc) is 3.54. The smallest absolute Gasteiger partial charge is 0.365 e. The van der Waals surface area contributed by atoms with Crippen LogP contribution in [0.2, 0.25) is 0 Å². The maximum absolute atomic E-state index is 13.3. The molecule has 1 aliphatic carbocycles. The van der Waals surface area contributed by atoms with Crippen LogP contribution in [-0.2, 0) is 28.2 Å². The van der Waals surface area contributed by atoms with Gasteiger partial charge in [-0.1, -0.05) is 44.4 Å². The van der Waals surface area contributed by atoms with Crippen molar-refractivity contribution < 1.29 is 31.9 Å². The van der Waals surface area contributed by atoms with Crippen LogP contribution in [0.5, 0.6) is 0 Å². The summed E-state index contributed by atoms with van der Waals surface area (Å²) in [5.41, 5.74) is 6.73. The van der Waals surface area contributed by atoms with Crippen LogP contribution in [0.25, 0.3) is 6.08 Å². The predicted octanol–water partition coefficient (Wildman–Crippen LogP) is 5.14. The summed E-state index contributed by atoms with van der Waals surface area (Å²) in [5.74, 6) is -1.39. The van der Waals surface area contributed by atoms with Gasteiger partial charge in [0.1, 0.15) is 5.82 Å². The Morgan fingerprint density at radius 2 is 1.71 bits per heavy atom. The third-order valence-corrected chi connectivity index (χ3v) is 10.3. The molecule has 0 spiro atoms. The molecule has 1 saturated carbocycles. The Bertz CT molecular complexity index is 1540. The van der Waals surface area contributed by atoms with Crippen molar-refractivity contribution in [3.8, 4) is 0 Å². The molecule has 45 heavy (non-hydrogen) atoms. The zero-order chi connectivity index (χ0) is 33.0. The summed E-state index contributed by atoms with van der Waals surface area (Å²) in [6.07, 6.45) is 13.3. The molecule has 4 N–H and O–H groups in total. The number of nitrogens with one attached hydrogen (secondary N) is 1. The molecular weight excluding hydrogens is 619 g/mol. The van der Waals surface area contributed by atoms with E-state index in [2.05, 4.69) is 31.8 Å². The highest BCUT2D eigenvalue weighted by Gasteiger charge is 2.36. The van der Waals surface area contributed by atoms with Gasteiger partial charge in [0.05, 0.1) is 60.2 Å². The number of aromatic nitrogens is 4. The molecule has 4 rings (SSSR count). The Morgan fingerprint density at radius 3 is 2.20 bits per heavy atom. The van der Waals surface area contributed by atoms with Crippen molar-refractivity contribution in [1.82, 2.24) is 19.9 Å². The zero-order valence-corrected chi connectivity index (χ0v) is 27.4. The Labute approximate surface area is 264 Å². The summed E-state index contributed by atoms with van der Waals surface area (Å²) in [6, 6.07) is 6.40. The number of benzene rings is 1. The number of hydrogen-bond donors (Lipinski definition) is 3. The molecule has 2 heterocycles. The molecule has 244 valence electrons. The van der Waals surface area contributed by atoms with Crippen molar-refractivity contribution in [3.05, 3.63) is 72.6 Å². The van der Waals surface area contributed by atoms with Crippen molar-refractivity contribution >= 4 is 41.1 Å². The molecule has 15 heteroatoms. The number of rotatable bonds is 13. The minimum Gasteiger partial charge on any atom is -0.382 e. The second-order valence-electron chi connectivity index (χ2n) is 10.4. The lowest BCUT2D eigenvalue weighted by atomic mass is 9.87. The van der Waals surface area contributed by atoms with Crippen LogP contribution in [0.3, 0.4) is 0 Å². The number of aliphatic hydroxyl groups excluding tert-OH is 1. The number of sulfone groups is 1. The van der Waals surface area contributed by atoms with Gasteiger partial charge in [0.15, 0.2) is 21.5 Å². The Kier molecular flexibility index (Phi) is 13.3. The quantitative estimate of drug-likeness (QED) is 0.204. The molecule has 0 bridgehead atoms. The van der Waals surface area contributed by atoms with Gasteiger partial charge in [0.2, 0.25) is 5.91 Å². The normalized spacial score (nSPS) is 15.0. The summed E-state index contributed by atoms with van der Waals surface area (Å²) >= 11 is 0. The zero-order valence-electron chi connectivity index (χ0n) is 25.7. The largest absolute Gasteiger partial charge is 0.382 e. The molecule has 1 unspecified atom stereocenters. The lowest BCUT2D eigenvalue weighted by Gasteiger charge is -2.22. The summed E-state index contributed by atoms with van der Waals surface area (Å²) in [6.45, 7) is 6.97. The molecule has 13 nitrogen and oxygen atoms in total. The first-order valence-electron chi connectivity index (χ1n) is 14.6. The molecule has 2 aromatic heterocycles. The minimum absolute atomic E-state index is 0.00268. The van der Waals surface area contributed by atoms with E-state index in [1.54, 1.807) is 38.3 Å². The van der Waals surface area contributed by atoms with Crippen LogP contribution in [0, 0.1) is 5.92 Å². The van der Waals surface area contributed by atoms with E-state index in [0.29, 0.717) is 18.2 Å². The lowest BCUT2D eigenvalue weighted by molar-refractivity contribution is -0.118. The monoisotopic (exact) mass is 660 g/mol. The van der Waals surface area contributed by atoms with Gasteiger partial charge in [-0.05, 0) is 50.0 Å². The maximum atomic E-state index is 13.3. The van der Waals surface area contributed by atoms with Gasteiger partial charge in [-0.15, -0.1) is 0 Å². The Hall–Kier alpha value is -3.55. The maximum Gasteiger partial charge on any atom is 0.365 e. The molecule has 0 radical (unpaired) electrons. The number of nitrogens with zero attached hydrogens (tertiary/aromatic N) is 4. The topological polar surface area (TPSA) is 197 Å². The molecule has 1 amide bonds. The fourth-order valence-electron chi connectivity index (χ4n) is 4.82. The number of carbonyl (C=O) groups excluding carboxylic acids is 1. The van der Waals surface area contributed by atoms with Crippen molar-refractivity contribution in [2.75, 3.05) is 30.5 Å². The first-order chi connectivity index (χ1) is 21.4. The number of anilines is 2. The summed E-state index contributed by atoms with van der Waals surface area (Å²) < 4.78 is 46.8. The number of carbonyl (C=O) groups is 1. The average molecular weight is 661 g/mol. The minimum atomic E-state index is -3.84. The highest BCUT2D eigenvalue weighted by molar-refractivity contribution is 7.90. The standard InChI is InChI=1S/C24H34N3O7PS.C6H7N3/c1-4-33-35(30,34-5-2)24(29)21-15-26-22(16-25-21)27-23(28)20(14-17-8-6-7-9-17)18-10-12-19(13-11-18)36(3,31)32;1-2-5-3-9-6(7)4-8-5/h10-13,15-17,20,24,29H,4-9,14H2,1-3H3,(H,26,27,28);2-4H,1H2,(H2,7,9)/t20-,24?;/m1./s1. The van der Waals surface area contributed by atoms with Crippen molar-refractivity contribution in [2.45, 2.75) is 62.6 Å². The molecule has 2 atom stereocenters. The van der Waals surface area contributed by atoms with E-state index in [1.807, 2.05) is 0 Å². The van der Waals surface area contributed by atoms with E-state index >= 15 is 0 Å².